The average Bonchev–Trinajstić information content (AvgIpc) is 3.17. The van der Waals surface area contributed by atoms with Gasteiger partial charge in [0, 0.05) is 10.9 Å². The van der Waals surface area contributed by atoms with Crippen LogP contribution in [0.25, 0.3) is 44.6 Å². The minimum atomic E-state index is -0.535. The molecule has 0 saturated heterocycles. The lowest BCUT2D eigenvalue weighted by Gasteiger charge is -2.03. The Balaban J connectivity index is 1.71. The number of benzene rings is 3. The van der Waals surface area contributed by atoms with Crippen LogP contribution in [-0.2, 0) is 0 Å². The van der Waals surface area contributed by atoms with Gasteiger partial charge in [-0.25, -0.2) is 4.79 Å². The molecule has 0 unspecified atom stereocenters. The van der Waals surface area contributed by atoms with Gasteiger partial charge in [-0.15, -0.1) is 0 Å². The van der Waals surface area contributed by atoms with E-state index in [1.165, 1.54) is 0 Å². The zero-order chi connectivity index (χ0) is 18.4. The van der Waals surface area contributed by atoms with Gasteiger partial charge < -0.3 is 8.94 Å². The Morgan fingerprint density at radius 2 is 1.67 bits per heavy atom. The van der Waals surface area contributed by atoms with E-state index < -0.39 is 5.63 Å². The van der Waals surface area contributed by atoms with Gasteiger partial charge in [0.1, 0.15) is 11.1 Å². The maximum Gasteiger partial charge on any atom is 0.349 e. The van der Waals surface area contributed by atoms with E-state index in [1.54, 1.807) is 24.3 Å². The third-order valence-corrected chi connectivity index (χ3v) is 4.74. The summed E-state index contributed by atoms with van der Waals surface area (Å²) in [7, 11) is 0. The standard InChI is InChI=1S/C21H11ClN2O3/c22-17-8-4-3-7-14(17)19-23-20(27-24-19)16-11-15-13-6-2-1-5-12(13)9-10-18(15)26-21(16)25/h1-11H. The second-order valence-corrected chi connectivity index (χ2v) is 6.46. The van der Waals surface area contributed by atoms with Gasteiger partial charge in [-0.2, -0.15) is 4.98 Å². The fourth-order valence-electron chi connectivity index (χ4n) is 3.11. The first-order chi connectivity index (χ1) is 13.2. The number of hydrogen-bond acceptors (Lipinski definition) is 5. The van der Waals surface area contributed by atoms with Crippen molar-refractivity contribution in [1.29, 1.82) is 0 Å². The minimum Gasteiger partial charge on any atom is -0.422 e. The number of rotatable bonds is 2. The van der Waals surface area contributed by atoms with E-state index in [9.17, 15) is 4.79 Å². The van der Waals surface area contributed by atoms with Gasteiger partial charge in [0.25, 0.3) is 5.89 Å². The molecule has 27 heavy (non-hydrogen) atoms. The number of nitrogens with zero attached hydrogens (tertiary/aromatic N) is 2. The molecule has 5 aromatic rings. The zero-order valence-electron chi connectivity index (χ0n) is 13.8. The van der Waals surface area contributed by atoms with E-state index in [4.69, 9.17) is 20.5 Å². The molecule has 0 aliphatic carbocycles. The Kier molecular flexibility index (Phi) is 3.55. The lowest BCUT2D eigenvalue weighted by atomic mass is 10.0. The van der Waals surface area contributed by atoms with Crippen LogP contribution in [0.2, 0.25) is 5.02 Å². The van der Waals surface area contributed by atoms with Gasteiger partial charge in [-0.1, -0.05) is 59.2 Å². The van der Waals surface area contributed by atoms with Gasteiger partial charge in [0.05, 0.1) is 5.02 Å². The monoisotopic (exact) mass is 374 g/mol. The van der Waals surface area contributed by atoms with Crippen LogP contribution in [0, 0.1) is 0 Å². The molecule has 6 heteroatoms. The second kappa shape index (κ2) is 6.07. The topological polar surface area (TPSA) is 69.1 Å². The summed E-state index contributed by atoms with van der Waals surface area (Å²) in [5.41, 5.74) is 0.815. The number of aromatic nitrogens is 2. The fourth-order valence-corrected chi connectivity index (χ4v) is 3.33. The van der Waals surface area contributed by atoms with E-state index in [0.29, 0.717) is 22.0 Å². The molecule has 0 atom stereocenters. The van der Waals surface area contributed by atoms with Crippen molar-refractivity contribution in [3.63, 3.8) is 0 Å². The van der Waals surface area contributed by atoms with Crippen molar-refractivity contribution in [2.45, 2.75) is 0 Å². The molecule has 0 spiro atoms. The zero-order valence-corrected chi connectivity index (χ0v) is 14.6. The molecule has 0 N–H and O–H groups in total. The summed E-state index contributed by atoms with van der Waals surface area (Å²) in [4.78, 5) is 16.8. The summed E-state index contributed by atoms with van der Waals surface area (Å²) >= 11 is 6.19. The van der Waals surface area contributed by atoms with E-state index in [-0.39, 0.29) is 11.5 Å². The van der Waals surface area contributed by atoms with Crippen LogP contribution in [0.3, 0.4) is 0 Å². The summed E-state index contributed by atoms with van der Waals surface area (Å²) in [6.45, 7) is 0. The maximum absolute atomic E-state index is 12.5. The Bertz CT molecular complexity index is 1370. The minimum absolute atomic E-state index is 0.0912. The van der Waals surface area contributed by atoms with Crippen molar-refractivity contribution in [3.8, 4) is 22.8 Å². The molecule has 3 aromatic carbocycles. The first kappa shape index (κ1) is 15.8. The first-order valence-corrected chi connectivity index (χ1v) is 8.63. The summed E-state index contributed by atoms with van der Waals surface area (Å²) in [6.07, 6.45) is 0. The van der Waals surface area contributed by atoms with Crippen molar-refractivity contribution in [1.82, 2.24) is 10.1 Å². The van der Waals surface area contributed by atoms with E-state index in [1.807, 2.05) is 42.5 Å². The molecule has 5 nitrogen and oxygen atoms in total. The summed E-state index contributed by atoms with van der Waals surface area (Å²) in [5.74, 6) is 0.404. The van der Waals surface area contributed by atoms with Crippen molar-refractivity contribution >= 4 is 33.3 Å². The lowest BCUT2D eigenvalue weighted by molar-refractivity contribution is 0.429. The van der Waals surface area contributed by atoms with E-state index in [0.717, 1.165) is 16.2 Å². The van der Waals surface area contributed by atoms with Crippen molar-refractivity contribution in [2.24, 2.45) is 0 Å². The second-order valence-electron chi connectivity index (χ2n) is 6.05. The molecule has 0 radical (unpaired) electrons. The SMILES string of the molecule is O=c1oc2ccc3ccccc3c2cc1-c1nc(-c2ccccc2Cl)no1. The fraction of sp³-hybridized carbons (Fsp3) is 0. The molecule has 130 valence electrons. The van der Waals surface area contributed by atoms with E-state index in [2.05, 4.69) is 10.1 Å². The van der Waals surface area contributed by atoms with Crippen molar-refractivity contribution in [2.75, 3.05) is 0 Å². The van der Waals surface area contributed by atoms with Gasteiger partial charge in [0.15, 0.2) is 0 Å². The highest BCUT2D eigenvalue weighted by Crippen LogP contribution is 2.29. The molecular formula is C21H11ClN2O3. The normalized spacial score (nSPS) is 11.3. The highest BCUT2D eigenvalue weighted by molar-refractivity contribution is 6.33. The molecule has 0 saturated carbocycles. The Labute approximate surface area is 157 Å². The summed E-state index contributed by atoms with van der Waals surface area (Å²) < 4.78 is 10.8. The van der Waals surface area contributed by atoms with Crippen LogP contribution in [0.5, 0.6) is 0 Å². The summed E-state index contributed by atoms with van der Waals surface area (Å²) in [5, 5.41) is 7.29. The lowest BCUT2D eigenvalue weighted by Crippen LogP contribution is -2.03. The van der Waals surface area contributed by atoms with Crippen LogP contribution >= 0.6 is 11.6 Å². The number of halogens is 1. The largest absolute Gasteiger partial charge is 0.422 e. The van der Waals surface area contributed by atoms with Gasteiger partial charge >= 0.3 is 5.63 Å². The van der Waals surface area contributed by atoms with Gasteiger partial charge in [-0.3, -0.25) is 0 Å². The molecule has 0 amide bonds. The molecule has 0 aliphatic rings. The van der Waals surface area contributed by atoms with Gasteiger partial charge in [-0.05, 0) is 35.0 Å². The van der Waals surface area contributed by atoms with Crippen molar-refractivity contribution < 1.29 is 8.94 Å². The van der Waals surface area contributed by atoms with Crippen LogP contribution in [0.15, 0.2) is 80.5 Å². The predicted molar refractivity (Wildman–Crippen MR) is 104 cm³/mol. The molecular weight excluding hydrogens is 364 g/mol. The predicted octanol–water partition coefficient (Wildman–Crippen LogP) is 5.32. The average molecular weight is 375 g/mol. The van der Waals surface area contributed by atoms with Crippen LogP contribution in [-0.4, -0.2) is 10.1 Å². The Morgan fingerprint density at radius 3 is 2.56 bits per heavy atom. The van der Waals surface area contributed by atoms with Crippen LogP contribution in [0.4, 0.5) is 0 Å². The first-order valence-electron chi connectivity index (χ1n) is 8.25. The quantitative estimate of drug-likeness (QED) is 0.309. The number of hydrogen-bond donors (Lipinski definition) is 0. The van der Waals surface area contributed by atoms with Gasteiger partial charge in [0.2, 0.25) is 5.82 Å². The molecule has 2 aromatic heterocycles. The highest BCUT2D eigenvalue weighted by atomic mass is 35.5. The summed E-state index contributed by atoms with van der Waals surface area (Å²) in [6, 6.07) is 20.5. The maximum atomic E-state index is 12.5. The molecule has 5 rings (SSSR count). The Morgan fingerprint density at radius 1 is 0.852 bits per heavy atom. The van der Waals surface area contributed by atoms with Crippen LogP contribution in [0.1, 0.15) is 0 Å². The third kappa shape index (κ3) is 2.60. The smallest absolute Gasteiger partial charge is 0.349 e. The van der Waals surface area contributed by atoms with Crippen molar-refractivity contribution in [3.05, 3.63) is 82.2 Å². The van der Waals surface area contributed by atoms with Crippen LogP contribution < -0.4 is 5.63 Å². The highest BCUT2D eigenvalue weighted by Gasteiger charge is 2.18. The molecule has 0 aliphatic heterocycles. The molecule has 0 bridgehead atoms. The van der Waals surface area contributed by atoms with E-state index >= 15 is 0 Å². The number of fused-ring (bicyclic) bond motifs is 3. The third-order valence-electron chi connectivity index (χ3n) is 4.41. The molecule has 0 fully saturated rings. The Hall–Kier alpha value is -3.44. The molecule has 2 heterocycles.